The van der Waals surface area contributed by atoms with Crippen LogP contribution >= 0.6 is 0 Å². The maximum Gasteiger partial charge on any atom is 0.243 e. The van der Waals surface area contributed by atoms with Crippen molar-refractivity contribution in [3.8, 4) is 11.3 Å². The Morgan fingerprint density at radius 3 is 2.23 bits per heavy atom. The molecule has 136 valence electrons. The quantitative estimate of drug-likeness (QED) is 0.651. The number of hydrogen-bond donors (Lipinski definition) is 0. The molecule has 0 aliphatic carbocycles. The van der Waals surface area contributed by atoms with Crippen LogP contribution in [0.2, 0.25) is 0 Å². The van der Waals surface area contributed by atoms with Crippen molar-refractivity contribution in [3.05, 3.63) is 72.2 Å². The number of hydrogen-bond acceptors (Lipinski definition) is 4. The van der Waals surface area contributed by atoms with Crippen LogP contribution in [-0.2, 0) is 16.6 Å². The van der Waals surface area contributed by atoms with Gasteiger partial charge in [-0.3, -0.25) is 0 Å². The Morgan fingerprint density at radius 2 is 1.69 bits per heavy atom. The lowest BCUT2D eigenvalue weighted by molar-refractivity contribution is 0.348. The van der Waals surface area contributed by atoms with Crippen LogP contribution in [0.3, 0.4) is 0 Å². The van der Waals surface area contributed by atoms with E-state index >= 15 is 0 Å². The maximum absolute atomic E-state index is 13.1. The van der Waals surface area contributed by atoms with E-state index in [-0.39, 0.29) is 10.9 Å². The van der Waals surface area contributed by atoms with Gasteiger partial charge in [0.05, 0.1) is 11.1 Å². The van der Waals surface area contributed by atoms with Crippen molar-refractivity contribution in [3.63, 3.8) is 0 Å². The molecule has 0 N–H and O–H groups in total. The summed E-state index contributed by atoms with van der Waals surface area (Å²) >= 11 is 0. The smallest absolute Gasteiger partial charge is 0.243 e. The third kappa shape index (κ3) is 3.86. The fourth-order valence-electron chi connectivity index (χ4n) is 2.73. The third-order valence-electron chi connectivity index (χ3n) is 4.12. The van der Waals surface area contributed by atoms with Gasteiger partial charge in [0.1, 0.15) is 0 Å². The van der Waals surface area contributed by atoms with Gasteiger partial charge in [-0.15, -0.1) is 0 Å². The molecule has 0 spiro atoms. The lowest BCUT2D eigenvalue weighted by atomic mass is 10.2. The monoisotopic (exact) mass is 370 g/mol. The molecular formula is C20H22N2O3S. The van der Waals surface area contributed by atoms with Crippen LogP contribution in [0.25, 0.3) is 11.3 Å². The van der Waals surface area contributed by atoms with E-state index in [1.165, 1.54) is 4.31 Å². The molecule has 3 rings (SSSR count). The summed E-state index contributed by atoms with van der Waals surface area (Å²) in [6.07, 6.45) is 1.63. The van der Waals surface area contributed by atoms with E-state index in [0.29, 0.717) is 18.2 Å². The van der Waals surface area contributed by atoms with E-state index in [9.17, 15) is 8.42 Å². The number of aryl methyl sites for hydroxylation is 1. The van der Waals surface area contributed by atoms with Crippen LogP contribution < -0.4 is 0 Å². The first-order chi connectivity index (χ1) is 12.4. The number of rotatable bonds is 6. The zero-order valence-electron chi connectivity index (χ0n) is 15.1. The predicted octanol–water partition coefficient (Wildman–Crippen LogP) is 4.25. The van der Waals surface area contributed by atoms with E-state index in [1.54, 1.807) is 37.4 Å². The molecule has 5 nitrogen and oxygen atoms in total. The molecule has 0 atom stereocenters. The Bertz CT molecular complexity index is 962. The van der Waals surface area contributed by atoms with Crippen molar-refractivity contribution in [2.75, 3.05) is 0 Å². The zero-order valence-corrected chi connectivity index (χ0v) is 15.9. The average molecular weight is 370 g/mol. The maximum atomic E-state index is 13.1. The zero-order chi connectivity index (χ0) is 18.7. The van der Waals surface area contributed by atoms with E-state index in [0.717, 1.165) is 11.1 Å². The lowest BCUT2D eigenvalue weighted by Gasteiger charge is -2.26. The fourth-order valence-corrected chi connectivity index (χ4v) is 4.35. The minimum atomic E-state index is -3.61. The Morgan fingerprint density at radius 1 is 1.04 bits per heavy atom. The molecule has 1 heterocycles. The van der Waals surface area contributed by atoms with E-state index < -0.39 is 10.0 Å². The second-order valence-electron chi connectivity index (χ2n) is 6.40. The molecule has 0 fully saturated rings. The Balaban J connectivity index is 1.89. The van der Waals surface area contributed by atoms with Gasteiger partial charge >= 0.3 is 0 Å². The molecule has 6 heteroatoms. The normalized spacial score (nSPS) is 12.0. The van der Waals surface area contributed by atoms with Crippen LogP contribution in [0.4, 0.5) is 0 Å². The van der Waals surface area contributed by atoms with Crippen LogP contribution in [0, 0.1) is 6.92 Å². The molecule has 0 unspecified atom stereocenters. The predicted molar refractivity (Wildman–Crippen MR) is 101 cm³/mol. The SMILES string of the molecule is Cc1ncc(-c2ccc(S(=O)(=O)N(Cc3ccccc3)C(C)C)cc2)o1. The molecule has 0 bridgehead atoms. The number of sulfonamides is 1. The van der Waals surface area contributed by atoms with Crippen LogP contribution in [-0.4, -0.2) is 23.7 Å². The summed E-state index contributed by atoms with van der Waals surface area (Å²) in [4.78, 5) is 4.34. The summed E-state index contributed by atoms with van der Waals surface area (Å²) in [5.74, 6) is 1.20. The molecular weight excluding hydrogens is 348 g/mol. The van der Waals surface area contributed by atoms with Crippen molar-refractivity contribution in [1.82, 2.24) is 9.29 Å². The molecule has 0 amide bonds. The first kappa shape index (κ1) is 18.4. The highest BCUT2D eigenvalue weighted by Gasteiger charge is 2.27. The average Bonchev–Trinajstić information content (AvgIpc) is 3.07. The molecule has 26 heavy (non-hydrogen) atoms. The summed E-state index contributed by atoms with van der Waals surface area (Å²) in [6, 6.07) is 16.2. The molecule has 0 aliphatic heterocycles. The summed E-state index contributed by atoms with van der Waals surface area (Å²) < 4.78 is 33.2. The van der Waals surface area contributed by atoms with E-state index in [1.807, 2.05) is 44.2 Å². The van der Waals surface area contributed by atoms with Gasteiger partial charge in [0.15, 0.2) is 11.7 Å². The molecule has 0 saturated heterocycles. The Kier molecular flexibility index (Phi) is 5.25. The summed E-state index contributed by atoms with van der Waals surface area (Å²) in [7, 11) is -3.61. The third-order valence-corrected chi connectivity index (χ3v) is 6.16. The van der Waals surface area contributed by atoms with Gasteiger partial charge in [0, 0.05) is 25.1 Å². The number of nitrogens with zero attached hydrogens (tertiary/aromatic N) is 2. The van der Waals surface area contributed by atoms with Gasteiger partial charge in [-0.25, -0.2) is 13.4 Å². The number of aromatic nitrogens is 1. The van der Waals surface area contributed by atoms with E-state index in [4.69, 9.17) is 4.42 Å². The summed E-state index contributed by atoms with van der Waals surface area (Å²) in [5, 5.41) is 0. The van der Waals surface area contributed by atoms with Gasteiger partial charge in [0.25, 0.3) is 0 Å². The number of oxazole rings is 1. The Labute approximate surface area is 154 Å². The van der Waals surface area contributed by atoms with Crippen LogP contribution in [0.1, 0.15) is 25.3 Å². The van der Waals surface area contributed by atoms with Crippen molar-refractivity contribution in [1.29, 1.82) is 0 Å². The fraction of sp³-hybridized carbons (Fsp3) is 0.250. The van der Waals surface area contributed by atoms with Crippen molar-refractivity contribution in [2.24, 2.45) is 0 Å². The minimum absolute atomic E-state index is 0.156. The van der Waals surface area contributed by atoms with Gasteiger partial charge < -0.3 is 4.42 Å². The largest absolute Gasteiger partial charge is 0.441 e. The summed E-state index contributed by atoms with van der Waals surface area (Å²) in [6.45, 7) is 5.87. The van der Waals surface area contributed by atoms with Gasteiger partial charge in [-0.05, 0) is 43.7 Å². The highest BCUT2D eigenvalue weighted by Crippen LogP contribution is 2.25. The first-order valence-corrected chi connectivity index (χ1v) is 9.90. The first-order valence-electron chi connectivity index (χ1n) is 8.46. The lowest BCUT2D eigenvalue weighted by Crippen LogP contribution is -2.36. The van der Waals surface area contributed by atoms with Gasteiger partial charge in [-0.1, -0.05) is 30.3 Å². The molecule has 0 saturated carbocycles. The second-order valence-corrected chi connectivity index (χ2v) is 8.29. The van der Waals surface area contributed by atoms with Gasteiger partial charge in [-0.2, -0.15) is 4.31 Å². The molecule has 1 aromatic heterocycles. The molecule has 0 radical (unpaired) electrons. The minimum Gasteiger partial charge on any atom is -0.441 e. The van der Waals surface area contributed by atoms with Crippen molar-refractivity contribution >= 4 is 10.0 Å². The Hall–Kier alpha value is -2.44. The molecule has 0 aliphatic rings. The van der Waals surface area contributed by atoms with Crippen molar-refractivity contribution in [2.45, 2.75) is 38.3 Å². The number of benzene rings is 2. The topological polar surface area (TPSA) is 63.4 Å². The second kappa shape index (κ2) is 7.43. The standard InChI is InChI=1S/C20H22N2O3S/c1-15(2)22(14-17-7-5-4-6-8-17)26(23,24)19-11-9-18(10-12-19)20-13-21-16(3)25-20/h4-13,15H,14H2,1-3H3. The highest BCUT2D eigenvalue weighted by molar-refractivity contribution is 7.89. The van der Waals surface area contributed by atoms with Crippen molar-refractivity contribution < 1.29 is 12.8 Å². The highest BCUT2D eigenvalue weighted by atomic mass is 32.2. The molecule has 3 aromatic rings. The van der Waals surface area contributed by atoms with E-state index in [2.05, 4.69) is 4.98 Å². The molecule has 2 aromatic carbocycles. The van der Waals surface area contributed by atoms with Crippen LogP contribution in [0.15, 0.2) is 70.1 Å². The van der Waals surface area contributed by atoms with Crippen LogP contribution in [0.5, 0.6) is 0 Å². The summed E-state index contributed by atoms with van der Waals surface area (Å²) in [5.41, 5.74) is 1.75. The van der Waals surface area contributed by atoms with Gasteiger partial charge in [0.2, 0.25) is 10.0 Å².